The number of carbonyl (C=O) groups is 1. The minimum atomic E-state index is -0.771. The van der Waals surface area contributed by atoms with Crippen molar-refractivity contribution in [3.05, 3.63) is 32.6 Å². The molecule has 3 N–H and O–H groups in total. The van der Waals surface area contributed by atoms with Crippen LogP contribution in [-0.4, -0.2) is 44.6 Å². The molecule has 0 spiro atoms. The number of hydrogen-bond acceptors (Lipinski definition) is 4. The third kappa shape index (κ3) is 3.11. The zero-order valence-electron chi connectivity index (χ0n) is 10.7. The van der Waals surface area contributed by atoms with Crippen molar-refractivity contribution in [1.29, 1.82) is 0 Å². The lowest BCUT2D eigenvalue weighted by Gasteiger charge is -2.22. The van der Waals surface area contributed by atoms with Gasteiger partial charge in [0.1, 0.15) is 5.56 Å². The van der Waals surface area contributed by atoms with Crippen LogP contribution in [0.2, 0.25) is 0 Å². The number of hydrogen-bond donors (Lipinski definition) is 3. The van der Waals surface area contributed by atoms with Crippen molar-refractivity contribution in [1.82, 2.24) is 14.9 Å². The maximum absolute atomic E-state index is 12.2. The van der Waals surface area contributed by atoms with E-state index in [1.807, 2.05) is 4.98 Å². The van der Waals surface area contributed by atoms with E-state index in [2.05, 4.69) is 4.98 Å². The van der Waals surface area contributed by atoms with E-state index < -0.39 is 22.8 Å². The highest BCUT2D eigenvalue weighted by atomic mass is 16.3. The minimum Gasteiger partial charge on any atom is -0.390 e. The van der Waals surface area contributed by atoms with Gasteiger partial charge in [0.25, 0.3) is 11.5 Å². The Kier molecular flexibility index (Phi) is 3.57. The van der Waals surface area contributed by atoms with Gasteiger partial charge in [-0.05, 0) is 26.2 Å². The summed E-state index contributed by atoms with van der Waals surface area (Å²) in [5, 5.41) is 9.96. The average molecular weight is 267 g/mol. The van der Waals surface area contributed by atoms with E-state index in [4.69, 9.17) is 0 Å². The molecule has 1 unspecified atom stereocenters. The zero-order valence-corrected chi connectivity index (χ0v) is 10.7. The standard InChI is InChI=1S/C12H17N3O4/c1-12(19)3-2-5-15(6-4-12)10(17)8-7-13-11(18)14-9(8)16/h7,19H,2-6H2,1H3,(H2,13,14,16,18). The molecular weight excluding hydrogens is 250 g/mol. The third-order valence-electron chi connectivity index (χ3n) is 3.40. The summed E-state index contributed by atoms with van der Waals surface area (Å²) < 4.78 is 0. The van der Waals surface area contributed by atoms with Crippen molar-refractivity contribution >= 4 is 5.91 Å². The molecule has 1 atom stereocenters. The van der Waals surface area contributed by atoms with Crippen molar-refractivity contribution in [2.24, 2.45) is 0 Å². The molecule has 7 nitrogen and oxygen atoms in total. The number of likely N-dealkylation sites (tertiary alicyclic amines) is 1. The van der Waals surface area contributed by atoms with Gasteiger partial charge in [-0.15, -0.1) is 0 Å². The number of nitrogens with zero attached hydrogens (tertiary/aromatic N) is 1. The van der Waals surface area contributed by atoms with Crippen LogP contribution in [0, 0.1) is 0 Å². The smallest absolute Gasteiger partial charge is 0.325 e. The number of aromatic amines is 2. The number of nitrogens with one attached hydrogen (secondary N) is 2. The summed E-state index contributed by atoms with van der Waals surface area (Å²) in [6.45, 7) is 2.63. The van der Waals surface area contributed by atoms with Gasteiger partial charge in [-0.2, -0.15) is 0 Å². The van der Waals surface area contributed by atoms with Crippen LogP contribution in [-0.2, 0) is 0 Å². The summed E-state index contributed by atoms with van der Waals surface area (Å²) in [5.74, 6) is -0.421. The molecule has 7 heteroatoms. The molecule has 1 aromatic heterocycles. The summed E-state index contributed by atoms with van der Waals surface area (Å²) in [6, 6.07) is 0. The Balaban J connectivity index is 2.20. The Hall–Kier alpha value is -1.89. The highest BCUT2D eigenvalue weighted by molar-refractivity contribution is 5.93. The number of rotatable bonds is 1. The highest BCUT2D eigenvalue weighted by Gasteiger charge is 2.28. The average Bonchev–Trinajstić information content (AvgIpc) is 2.49. The number of H-pyrrole nitrogens is 2. The first-order valence-electron chi connectivity index (χ1n) is 6.23. The molecule has 0 aromatic carbocycles. The largest absolute Gasteiger partial charge is 0.390 e. The Morgan fingerprint density at radius 3 is 2.79 bits per heavy atom. The van der Waals surface area contributed by atoms with Gasteiger partial charge >= 0.3 is 5.69 Å². The fourth-order valence-corrected chi connectivity index (χ4v) is 2.21. The number of aromatic nitrogens is 2. The molecule has 0 bridgehead atoms. The van der Waals surface area contributed by atoms with Crippen LogP contribution in [0.1, 0.15) is 36.5 Å². The Labute approximate surface area is 109 Å². The summed E-state index contributed by atoms with van der Waals surface area (Å²) in [4.78, 5) is 40.5. The maximum atomic E-state index is 12.2. The van der Waals surface area contributed by atoms with Crippen LogP contribution >= 0.6 is 0 Å². The second-order valence-corrected chi connectivity index (χ2v) is 5.13. The lowest BCUT2D eigenvalue weighted by molar-refractivity contribution is 0.0437. The van der Waals surface area contributed by atoms with Gasteiger partial charge in [0, 0.05) is 19.3 Å². The first-order chi connectivity index (χ1) is 8.89. The lowest BCUT2D eigenvalue weighted by Crippen LogP contribution is -2.38. The van der Waals surface area contributed by atoms with Gasteiger partial charge in [0.15, 0.2) is 0 Å². The fraction of sp³-hybridized carbons (Fsp3) is 0.583. The van der Waals surface area contributed by atoms with E-state index in [0.717, 1.165) is 6.20 Å². The maximum Gasteiger partial charge on any atom is 0.325 e. The molecule has 19 heavy (non-hydrogen) atoms. The third-order valence-corrected chi connectivity index (χ3v) is 3.40. The molecule has 1 amide bonds. The van der Waals surface area contributed by atoms with Gasteiger partial charge < -0.3 is 15.0 Å². The molecule has 1 aliphatic rings. The van der Waals surface area contributed by atoms with Crippen molar-refractivity contribution in [2.45, 2.75) is 31.8 Å². The van der Waals surface area contributed by atoms with Gasteiger partial charge in [-0.3, -0.25) is 14.6 Å². The summed E-state index contributed by atoms with van der Waals surface area (Å²) in [5.41, 5.74) is -2.18. The van der Waals surface area contributed by atoms with Crippen LogP contribution in [0.5, 0.6) is 0 Å². The molecular formula is C12H17N3O4. The molecule has 1 fully saturated rings. The molecule has 0 saturated carbocycles. The van der Waals surface area contributed by atoms with Crippen molar-refractivity contribution < 1.29 is 9.90 Å². The molecule has 0 aliphatic carbocycles. The first kappa shape index (κ1) is 13.5. The van der Waals surface area contributed by atoms with Gasteiger partial charge in [0.05, 0.1) is 5.60 Å². The minimum absolute atomic E-state index is 0.0823. The van der Waals surface area contributed by atoms with Crippen LogP contribution in [0.4, 0.5) is 0 Å². The highest BCUT2D eigenvalue weighted by Crippen LogP contribution is 2.21. The van der Waals surface area contributed by atoms with E-state index in [1.165, 1.54) is 4.90 Å². The van der Waals surface area contributed by atoms with Crippen molar-refractivity contribution in [3.63, 3.8) is 0 Å². The molecule has 1 saturated heterocycles. The molecule has 104 valence electrons. The van der Waals surface area contributed by atoms with E-state index in [1.54, 1.807) is 6.92 Å². The molecule has 0 radical (unpaired) electrons. The zero-order chi connectivity index (χ0) is 14.0. The van der Waals surface area contributed by atoms with E-state index in [-0.39, 0.29) is 5.56 Å². The summed E-state index contributed by atoms with van der Waals surface area (Å²) >= 11 is 0. The molecule has 2 heterocycles. The first-order valence-corrected chi connectivity index (χ1v) is 6.23. The lowest BCUT2D eigenvalue weighted by atomic mass is 9.98. The number of carbonyl (C=O) groups excluding carboxylic acids is 1. The van der Waals surface area contributed by atoms with Crippen LogP contribution < -0.4 is 11.2 Å². The Morgan fingerprint density at radius 2 is 2.11 bits per heavy atom. The summed E-state index contributed by atoms with van der Waals surface area (Å²) in [7, 11) is 0. The number of amides is 1. The molecule has 1 aromatic rings. The van der Waals surface area contributed by atoms with Gasteiger partial charge in [-0.25, -0.2) is 4.79 Å². The fourth-order valence-electron chi connectivity index (χ4n) is 2.21. The van der Waals surface area contributed by atoms with Crippen molar-refractivity contribution in [3.8, 4) is 0 Å². The predicted molar refractivity (Wildman–Crippen MR) is 68.1 cm³/mol. The molecule has 1 aliphatic heterocycles. The monoisotopic (exact) mass is 267 g/mol. The SMILES string of the molecule is CC1(O)CCCN(C(=O)c2c[nH]c(=O)[nH]c2=O)CC1. The van der Waals surface area contributed by atoms with Crippen LogP contribution in [0.25, 0.3) is 0 Å². The van der Waals surface area contributed by atoms with Gasteiger partial charge in [0.2, 0.25) is 0 Å². The van der Waals surface area contributed by atoms with E-state index >= 15 is 0 Å². The van der Waals surface area contributed by atoms with Gasteiger partial charge in [-0.1, -0.05) is 0 Å². The van der Waals surface area contributed by atoms with Crippen LogP contribution in [0.3, 0.4) is 0 Å². The summed E-state index contributed by atoms with van der Waals surface area (Å²) in [6.07, 6.45) is 2.91. The van der Waals surface area contributed by atoms with Crippen LogP contribution in [0.15, 0.2) is 15.8 Å². The normalized spacial score (nSPS) is 24.0. The Bertz CT molecular complexity index is 587. The second-order valence-electron chi connectivity index (χ2n) is 5.13. The molecule has 2 rings (SSSR count). The van der Waals surface area contributed by atoms with E-state index in [0.29, 0.717) is 32.4 Å². The topological polar surface area (TPSA) is 106 Å². The Morgan fingerprint density at radius 1 is 1.37 bits per heavy atom. The van der Waals surface area contributed by atoms with E-state index in [9.17, 15) is 19.5 Å². The second kappa shape index (κ2) is 5.00. The quantitative estimate of drug-likeness (QED) is 0.634. The number of aliphatic hydroxyl groups is 1. The van der Waals surface area contributed by atoms with Crippen molar-refractivity contribution in [2.75, 3.05) is 13.1 Å². The predicted octanol–water partition coefficient (Wildman–Crippen LogP) is -0.560.